The van der Waals surface area contributed by atoms with Crippen molar-refractivity contribution in [2.45, 2.75) is 38.3 Å². The van der Waals surface area contributed by atoms with Gasteiger partial charge in [-0.05, 0) is 19.8 Å². The van der Waals surface area contributed by atoms with Crippen LogP contribution in [0.3, 0.4) is 0 Å². The third-order valence-corrected chi connectivity index (χ3v) is 5.49. The second kappa shape index (κ2) is 6.06. The van der Waals surface area contributed by atoms with Crippen molar-refractivity contribution in [3.63, 3.8) is 0 Å². The van der Waals surface area contributed by atoms with Crippen molar-refractivity contribution in [3.8, 4) is 5.88 Å². The van der Waals surface area contributed by atoms with Crippen LogP contribution in [0.1, 0.15) is 25.0 Å². The molecule has 146 valence electrons. The van der Waals surface area contributed by atoms with Crippen LogP contribution in [0.2, 0.25) is 5.15 Å². The number of esters is 1. The molecule has 1 aliphatic carbocycles. The molecule has 0 unspecified atom stereocenters. The van der Waals surface area contributed by atoms with Gasteiger partial charge in [-0.15, -0.1) is 5.10 Å². The Balaban J connectivity index is 1.62. The van der Waals surface area contributed by atoms with Gasteiger partial charge in [0.15, 0.2) is 16.3 Å². The summed E-state index contributed by atoms with van der Waals surface area (Å²) in [6, 6.07) is 0. The predicted molar refractivity (Wildman–Crippen MR) is 99.9 cm³/mol. The summed E-state index contributed by atoms with van der Waals surface area (Å²) in [5.41, 5.74) is 1.29. The summed E-state index contributed by atoms with van der Waals surface area (Å²) in [4.78, 5) is 21.2. The maximum atomic E-state index is 12.3. The van der Waals surface area contributed by atoms with E-state index >= 15 is 0 Å². The topological polar surface area (TPSA) is 109 Å². The van der Waals surface area contributed by atoms with Crippen LogP contribution in [0.5, 0.6) is 5.88 Å². The average molecular weight is 404 g/mol. The monoisotopic (exact) mass is 403 g/mol. The molecule has 3 aromatic heterocycles. The summed E-state index contributed by atoms with van der Waals surface area (Å²) in [6.07, 6.45) is 3.70. The number of fused-ring (bicyclic) bond motifs is 2. The number of methoxy groups -OCH3 is 1. The van der Waals surface area contributed by atoms with Crippen molar-refractivity contribution in [2.24, 2.45) is 0 Å². The molecule has 0 saturated heterocycles. The highest BCUT2D eigenvalue weighted by Gasteiger charge is 2.55. The maximum absolute atomic E-state index is 12.3. The van der Waals surface area contributed by atoms with E-state index in [0.29, 0.717) is 66.1 Å². The van der Waals surface area contributed by atoms with E-state index in [4.69, 9.17) is 21.1 Å². The molecule has 4 heterocycles. The molecular weight excluding hydrogens is 386 g/mol. The van der Waals surface area contributed by atoms with E-state index in [2.05, 4.69) is 25.5 Å². The molecule has 11 heteroatoms. The largest absolute Gasteiger partial charge is 0.475 e. The van der Waals surface area contributed by atoms with E-state index in [0.717, 1.165) is 5.69 Å². The molecule has 2 aliphatic rings. The van der Waals surface area contributed by atoms with Gasteiger partial charge in [0.2, 0.25) is 5.95 Å². The Morgan fingerprint density at radius 3 is 2.96 bits per heavy atom. The van der Waals surface area contributed by atoms with Crippen LogP contribution in [0.4, 0.5) is 11.6 Å². The number of hydrogen-bond donors (Lipinski definition) is 1. The van der Waals surface area contributed by atoms with Crippen molar-refractivity contribution in [3.05, 3.63) is 17.0 Å². The Morgan fingerprint density at radius 1 is 1.39 bits per heavy atom. The smallest absolute Gasteiger partial charge is 0.333 e. The van der Waals surface area contributed by atoms with Crippen molar-refractivity contribution in [2.75, 3.05) is 19.0 Å². The number of halogens is 1. The Morgan fingerprint density at radius 2 is 2.21 bits per heavy atom. The molecular formula is C17H18ClN7O3. The lowest BCUT2D eigenvalue weighted by molar-refractivity contribution is -0.146. The van der Waals surface area contributed by atoms with Crippen LogP contribution in [-0.4, -0.2) is 49.2 Å². The number of rotatable bonds is 2. The first-order valence-electron chi connectivity index (χ1n) is 9.01. The van der Waals surface area contributed by atoms with Gasteiger partial charge >= 0.3 is 5.97 Å². The van der Waals surface area contributed by atoms with Crippen LogP contribution in [-0.2, 0) is 21.6 Å². The van der Waals surface area contributed by atoms with E-state index < -0.39 is 5.54 Å². The first kappa shape index (κ1) is 17.2. The number of aromatic nitrogens is 6. The molecule has 0 aromatic carbocycles. The molecule has 1 aliphatic heterocycles. The van der Waals surface area contributed by atoms with E-state index in [9.17, 15) is 4.79 Å². The van der Waals surface area contributed by atoms with E-state index in [1.54, 1.807) is 15.6 Å². The SMILES string of the molecule is COC(=O)C1(n2nc3c(c2C)Nc2ncc4c(Cl)nn(c4n2)CCCO3)CC1. The molecule has 1 saturated carbocycles. The van der Waals surface area contributed by atoms with Crippen LogP contribution in [0, 0.1) is 6.92 Å². The second-order valence-corrected chi connectivity index (χ2v) is 7.33. The predicted octanol–water partition coefficient (Wildman–Crippen LogP) is 2.17. The summed E-state index contributed by atoms with van der Waals surface area (Å²) >= 11 is 6.19. The summed E-state index contributed by atoms with van der Waals surface area (Å²) in [5.74, 6) is 0.491. The Kier molecular flexibility index (Phi) is 3.73. The van der Waals surface area contributed by atoms with Crippen LogP contribution in [0.15, 0.2) is 6.20 Å². The molecule has 2 bridgehead atoms. The molecule has 10 nitrogen and oxygen atoms in total. The summed E-state index contributed by atoms with van der Waals surface area (Å²) in [7, 11) is 1.39. The number of nitrogens with one attached hydrogen (secondary N) is 1. The van der Waals surface area contributed by atoms with E-state index in [1.165, 1.54) is 7.11 Å². The molecule has 0 amide bonds. The lowest BCUT2D eigenvalue weighted by Gasteiger charge is -2.15. The number of hydrogen-bond acceptors (Lipinski definition) is 8. The Labute approximate surface area is 164 Å². The van der Waals surface area contributed by atoms with Gasteiger partial charge < -0.3 is 14.8 Å². The normalized spacial score (nSPS) is 17.4. The molecule has 1 N–H and O–H groups in total. The van der Waals surface area contributed by atoms with Crippen LogP contribution >= 0.6 is 11.6 Å². The van der Waals surface area contributed by atoms with Gasteiger partial charge in [-0.25, -0.2) is 19.1 Å². The van der Waals surface area contributed by atoms with E-state index in [1.807, 2.05) is 6.92 Å². The first-order chi connectivity index (χ1) is 13.5. The Bertz CT molecular complexity index is 1100. The first-order valence-corrected chi connectivity index (χ1v) is 9.39. The minimum atomic E-state index is -0.759. The summed E-state index contributed by atoms with van der Waals surface area (Å²) in [5, 5.41) is 13.2. The number of nitrogens with zero attached hydrogens (tertiary/aromatic N) is 6. The van der Waals surface area contributed by atoms with Gasteiger partial charge in [-0.1, -0.05) is 11.6 Å². The highest BCUT2D eigenvalue weighted by Crippen LogP contribution is 2.47. The standard InChI is InChI=1S/C17H18ClN7O3/c1-9-11-14(23-25(9)17(4-5-17)15(26)27-2)28-7-3-6-24-13-10(12(18)22-24)8-19-16(20-11)21-13/h8H,3-7H2,1-2H3,(H,19,20,21). The molecule has 0 atom stereocenters. The molecule has 3 aromatic rings. The maximum Gasteiger partial charge on any atom is 0.333 e. The lowest BCUT2D eigenvalue weighted by Crippen LogP contribution is -2.30. The van der Waals surface area contributed by atoms with Crippen LogP contribution in [0.25, 0.3) is 11.0 Å². The average Bonchev–Trinajstić information content (AvgIpc) is 3.37. The van der Waals surface area contributed by atoms with Crippen molar-refractivity contribution in [1.29, 1.82) is 0 Å². The minimum Gasteiger partial charge on any atom is -0.475 e. The molecule has 1 fully saturated rings. The van der Waals surface area contributed by atoms with Crippen molar-refractivity contribution < 1.29 is 14.3 Å². The quantitative estimate of drug-likeness (QED) is 0.648. The third-order valence-electron chi connectivity index (χ3n) is 5.21. The van der Waals surface area contributed by atoms with Gasteiger partial charge in [-0.2, -0.15) is 10.1 Å². The van der Waals surface area contributed by atoms with Crippen molar-refractivity contribution >= 4 is 40.2 Å². The molecule has 0 spiro atoms. The van der Waals surface area contributed by atoms with Crippen molar-refractivity contribution in [1.82, 2.24) is 29.5 Å². The number of carbonyl (C=O) groups is 1. The third kappa shape index (κ3) is 2.44. The summed E-state index contributed by atoms with van der Waals surface area (Å²) in [6.45, 7) is 2.91. The van der Waals surface area contributed by atoms with Crippen LogP contribution < -0.4 is 10.1 Å². The highest BCUT2D eigenvalue weighted by molar-refractivity contribution is 6.34. The van der Waals surface area contributed by atoms with Gasteiger partial charge in [0.25, 0.3) is 5.88 Å². The number of ether oxygens (including phenoxy) is 2. The zero-order chi connectivity index (χ0) is 19.5. The summed E-state index contributed by atoms with van der Waals surface area (Å²) < 4.78 is 14.4. The lowest BCUT2D eigenvalue weighted by atomic mass is 10.2. The van der Waals surface area contributed by atoms with Gasteiger partial charge in [-0.3, -0.25) is 0 Å². The number of anilines is 2. The molecule has 0 radical (unpaired) electrons. The van der Waals surface area contributed by atoms with Gasteiger partial charge in [0.05, 0.1) is 24.8 Å². The van der Waals surface area contributed by atoms with Gasteiger partial charge in [0.1, 0.15) is 5.69 Å². The number of carbonyl (C=O) groups excluding carboxylic acids is 1. The fourth-order valence-corrected chi connectivity index (χ4v) is 3.81. The second-order valence-electron chi connectivity index (χ2n) is 6.97. The zero-order valence-corrected chi connectivity index (χ0v) is 16.2. The van der Waals surface area contributed by atoms with E-state index in [-0.39, 0.29) is 5.97 Å². The number of aryl methyl sites for hydroxylation is 1. The minimum absolute atomic E-state index is 0.298. The highest BCUT2D eigenvalue weighted by atomic mass is 35.5. The molecule has 28 heavy (non-hydrogen) atoms. The fraction of sp³-hybridized carbons (Fsp3) is 0.471. The fourth-order valence-electron chi connectivity index (χ4n) is 3.58. The molecule has 5 rings (SSSR count). The zero-order valence-electron chi connectivity index (χ0n) is 15.4. The van der Waals surface area contributed by atoms with Gasteiger partial charge in [0, 0.05) is 19.2 Å². The Hall–Kier alpha value is -2.88.